The van der Waals surface area contributed by atoms with Crippen LogP contribution in [0.25, 0.3) is 0 Å². The van der Waals surface area contributed by atoms with Crippen LogP contribution in [0.15, 0.2) is 96.0 Å². The monoisotopic (exact) mass is 684 g/mol. The predicted molar refractivity (Wildman–Crippen MR) is 186 cm³/mol. The maximum Gasteiger partial charge on any atom is 0.417 e. The number of likely N-dealkylation sites (tertiary alicyclic amines) is 1. The van der Waals surface area contributed by atoms with E-state index >= 15 is 0 Å². The second-order valence-electron chi connectivity index (χ2n) is 11.9. The highest BCUT2D eigenvalue weighted by Crippen LogP contribution is 2.25. The van der Waals surface area contributed by atoms with Crippen LogP contribution in [0, 0.1) is 0 Å². The van der Waals surface area contributed by atoms with Crippen LogP contribution in [0.5, 0.6) is 0 Å². The zero-order valence-corrected chi connectivity index (χ0v) is 28.1. The molecule has 264 valence electrons. The molecule has 13 nitrogen and oxygen atoms in total. The van der Waals surface area contributed by atoms with E-state index in [1.807, 2.05) is 66.7 Å². The van der Waals surface area contributed by atoms with Crippen LogP contribution in [0.3, 0.4) is 0 Å². The molecule has 0 radical (unpaired) electrons. The van der Waals surface area contributed by atoms with Crippen molar-refractivity contribution in [1.82, 2.24) is 14.7 Å². The van der Waals surface area contributed by atoms with Crippen LogP contribution >= 0.6 is 0 Å². The van der Waals surface area contributed by atoms with Crippen LogP contribution in [-0.2, 0) is 43.5 Å². The molecule has 4 rings (SSSR count). The first-order valence-electron chi connectivity index (χ1n) is 16.5. The van der Waals surface area contributed by atoms with Crippen LogP contribution in [-0.4, -0.2) is 89.2 Å². The van der Waals surface area contributed by atoms with Crippen molar-refractivity contribution in [3.05, 3.63) is 108 Å². The Balaban J connectivity index is 1.58. The lowest BCUT2D eigenvalue weighted by Crippen LogP contribution is -2.57. The van der Waals surface area contributed by atoms with Gasteiger partial charge < -0.3 is 30.6 Å². The molecule has 1 heterocycles. The molecule has 0 aliphatic carbocycles. The zero-order chi connectivity index (χ0) is 35.9. The number of hydrogen-bond acceptors (Lipinski definition) is 8. The predicted octanol–water partition coefficient (Wildman–Crippen LogP) is 3.64. The summed E-state index contributed by atoms with van der Waals surface area (Å²) in [6.45, 7) is 0.259. The van der Waals surface area contributed by atoms with Gasteiger partial charge in [0.2, 0.25) is 5.91 Å². The van der Waals surface area contributed by atoms with E-state index < -0.39 is 42.1 Å². The van der Waals surface area contributed by atoms with Crippen molar-refractivity contribution in [2.75, 3.05) is 20.1 Å². The van der Waals surface area contributed by atoms with Gasteiger partial charge in [-0.3, -0.25) is 19.5 Å². The highest BCUT2D eigenvalue weighted by molar-refractivity contribution is 6.00. The molecule has 1 saturated heterocycles. The van der Waals surface area contributed by atoms with Crippen LogP contribution in [0.1, 0.15) is 42.4 Å². The SMILES string of the molecule is CN(C(=O)OCc1ccccc1)[C@H](Cc1ccccc1)C(=O)N1CCC[C@H]1C(=O)N(C(=O)OCc1ccccc1)C(C=O)CCCN=C(N)N. The molecule has 50 heavy (non-hydrogen) atoms. The van der Waals surface area contributed by atoms with Gasteiger partial charge in [-0.25, -0.2) is 14.5 Å². The van der Waals surface area contributed by atoms with E-state index in [0.717, 1.165) is 16.0 Å². The molecule has 0 bridgehead atoms. The van der Waals surface area contributed by atoms with E-state index in [-0.39, 0.29) is 51.5 Å². The number of benzene rings is 3. The molecule has 3 aromatic rings. The van der Waals surface area contributed by atoms with E-state index in [4.69, 9.17) is 20.9 Å². The van der Waals surface area contributed by atoms with Crippen molar-refractivity contribution in [1.29, 1.82) is 0 Å². The number of aliphatic imine (C=N–C) groups is 1. The molecule has 1 aliphatic heterocycles. The van der Waals surface area contributed by atoms with E-state index in [2.05, 4.69) is 4.99 Å². The summed E-state index contributed by atoms with van der Waals surface area (Å²) in [4.78, 5) is 75.3. The Hall–Kier alpha value is -5.72. The Morgan fingerprint density at radius 2 is 1.40 bits per heavy atom. The number of aldehydes is 1. The third kappa shape index (κ3) is 10.4. The molecule has 13 heteroatoms. The summed E-state index contributed by atoms with van der Waals surface area (Å²) in [6.07, 6.45) is 0.000956. The molecule has 4 N–H and O–H groups in total. The summed E-state index contributed by atoms with van der Waals surface area (Å²) in [5.74, 6) is -1.36. The Bertz CT molecular complexity index is 1600. The topological polar surface area (TPSA) is 178 Å². The Morgan fingerprint density at radius 1 is 0.860 bits per heavy atom. The van der Waals surface area contributed by atoms with Gasteiger partial charge in [-0.15, -0.1) is 0 Å². The Morgan fingerprint density at radius 3 is 1.94 bits per heavy atom. The van der Waals surface area contributed by atoms with Crippen molar-refractivity contribution in [3.63, 3.8) is 0 Å². The van der Waals surface area contributed by atoms with Crippen molar-refractivity contribution < 1.29 is 33.4 Å². The van der Waals surface area contributed by atoms with Gasteiger partial charge in [0.1, 0.15) is 31.6 Å². The van der Waals surface area contributed by atoms with E-state index in [1.54, 1.807) is 24.3 Å². The number of ether oxygens (including phenoxy) is 2. The van der Waals surface area contributed by atoms with Crippen molar-refractivity contribution in [2.24, 2.45) is 16.5 Å². The first-order chi connectivity index (χ1) is 24.2. The number of guanidine groups is 1. The smallest absolute Gasteiger partial charge is 0.417 e. The fourth-order valence-corrected chi connectivity index (χ4v) is 5.76. The summed E-state index contributed by atoms with van der Waals surface area (Å²) < 4.78 is 11.1. The minimum atomic E-state index is -1.20. The molecule has 4 amide bonds. The van der Waals surface area contributed by atoms with Gasteiger partial charge in [0.25, 0.3) is 5.91 Å². The zero-order valence-electron chi connectivity index (χ0n) is 28.1. The van der Waals surface area contributed by atoms with E-state index in [9.17, 15) is 24.0 Å². The first kappa shape index (κ1) is 37.1. The van der Waals surface area contributed by atoms with Crippen molar-refractivity contribution >= 4 is 36.2 Å². The van der Waals surface area contributed by atoms with Gasteiger partial charge in [0, 0.05) is 26.6 Å². The molecule has 3 atom stereocenters. The highest BCUT2D eigenvalue weighted by Gasteiger charge is 2.44. The van der Waals surface area contributed by atoms with Gasteiger partial charge in [0.05, 0.1) is 6.04 Å². The van der Waals surface area contributed by atoms with Crippen LogP contribution < -0.4 is 11.5 Å². The van der Waals surface area contributed by atoms with E-state index in [1.165, 1.54) is 16.8 Å². The Labute approximate surface area is 291 Å². The first-order valence-corrected chi connectivity index (χ1v) is 16.5. The average molecular weight is 685 g/mol. The molecule has 0 spiro atoms. The number of amides is 4. The minimum absolute atomic E-state index is 0.0113. The normalized spacial score (nSPS) is 14.9. The lowest BCUT2D eigenvalue weighted by molar-refractivity contribution is -0.147. The summed E-state index contributed by atoms with van der Waals surface area (Å²) in [7, 11) is 1.48. The maximum absolute atomic E-state index is 14.4. The van der Waals surface area contributed by atoms with Gasteiger partial charge in [-0.05, 0) is 42.4 Å². The lowest BCUT2D eigenvalue weighted by atomic mass is 10.0. The number of carbonyl (C=O) groups excluding carboxylic acids is 5. The van der Waals surface area contributed by atoms with Gasteiger partial charge >= 0.3 is 12.2 Å². The van der Waals surface area contributed by atoms with Gasteiger partial charge in [-0.1, -0.05) is 91.0 Å². The molecular weight excluding hydrogens is 640 g/mol. The van der Waals surface area contributed by atoms with Gasteiger partial charge in [0.15, 0.2) is 5.96 Å². The summed E-state index contributed by atoms with van der Waals surface area (Å²) >= 11 is 0. The third-order valence-electron chi connectivity index (χ3n) is 8.42. The largest absolute Gasteiger partial charge is 0.445 e. The molecule has 3 aromatic carbocycles. The van der Waals surface area contributed by atoms with Crippen LogP contribution in [0.2, 0.25) is 0 Å². The average Bonchev–Trinajstić information content (AvgIpc) is 3.64. The molecule has 1 aliphatic rings. The third-order valence-corrected chi connectivity index (χ3v) is 8.42. The summed E-state index contributed by atoms with van der Waals surface area (Å²) in [6, 6.07) is 24.0. The summed E-state index contributed by atoms with van der Waals surface area (Å²) in [5, 5.41) is 0. The number of imide groups is 1. The number of nitrogens with zero attached hydrogens (tertiary/aromatic N) is 4. The fourth-order valence-electron chi connectivity index (χ4n) is 5.76. The summed E-state index contributed by atoms with van der Waals surface area (Å²) in [5.41, 5.74) is 13.1. The maximum atomic E-state index is 14.4. The van der Waals surface area contributed by atoms with E-state index in [0.29, 0.717) is 24.7 Å². The number of likely N-dealkylation sites (N-methyl/N-ethyl adjacent to an activating group) is 1. The molecule has 0 saturated carbocycles. The quantitative estimate of drug-likeness (QED) is 0.105. The lowest BCUT2D eigenvalue weighted by Gasteiger charge is -2.35. The standard InChI is InChI=1S/C37H44N6O7/c1-41(36(47)49-25-28-15-7-3-8-16-28)32(23-27-13-5-2-6-14-27)33(45)42-22-12-20-31(42)34(46)43(30(24-44)19-11-21-40-35(38)39)37(48)50-26-29-17-9-4-10-18-29/h2-10,13-18,24,30-32H,11-12,19-23,25-26H2,1H3,(H4,38,39,40)/t30?,31-,32+/m0/s1. The number of hydrogen-bond donors (Lipinski definition) is 2. The number of carbonyl (C=O) groups is 5. The Kier molecular flexibility index (Phi) is 13.9. The second kappa shape index (κ2) is 18.7. The fraction of sp³-hybridized carbons (Fsp3) is 0.351. The van der Waals surface area contributed by atoms with Crippen molar-refractivity contribution in [3.8, 4) is 0 Å². The minimum Gasteiger partial charge on any atom is -0.445 e. The van der Waals surface area contributed by atoms with Gasteiger partial charge in [-0.2, -0.15) is 0 Å². The number of rotatable bonds is 15. The highest BCUT2D eigenvalue weighted by atomic mass is 16.6. The second-order valence-corrected chi connectivity index (χ2v) is 11.9. The molecule has 0 aromatic heterocycles. The molecular formula is C37H44N6O7. The number of nitrogens with two attached hydrogens (primary N) is 2. The molecule has 1 fully saturated rings. The molecule has 1 unspecified atom stereocenters. The van der Waals surface area contributed by atoms with Crippen molar-refractivity contribution in [2.45, 2.75) is 63.4 Å². The van der Waals surface area contributed by atoms with Crippen LogP contribution in [0.4, 0.5) is 9.59 Å².